The minimum Gasteiger partial charge on any atom is -0.493 e. The van der Waals surface area contributed by atoms with Crippen molar-refractivity contribution in [2.75, 3.05) is 13.2 Å². The van der Waals surface area contributed by atoms with Crippen LogP contribution in [-0.4, -0.2) is 25.0 Å². The number of para-hydroxylation sites is 1. The third-order valence-electron chi connectivity index (χ3n) is 2.91. The molecule has 22 heavy (non-hydrogen) atoms. The van der Waals surface area contributed by atoms with E-state index in [1.54, 1.807) is 48.5 Å². The molecule has 0 heterocycles. The summed E-state index contributed by atoms with van der Waals surface area (Å²) in [5.74, 6) is -0.445. The van der Waals surface area contributed by atoms with E-state index < -0.39 is 5.97 Å². The summed E-state index contributed by atoms with van der Waals surface area (Å²) < 4.78 is 10.4. The largest absolute Gasteiger partial charge is 0.493 e. The second kappa shape index (κ2) is 7.61. The first-order chi connectivity index (χ1) is 10.6. The Labute approximate surface area is 133 Å². The van der Waals surface area contributed by atoms with Crippen LogP contribution in [-0.2, 0) is 4.74 Å². The van der Waals surface area contributed by atoms with Crippen LogP contribution in [0.15, 0.2) is 48.5 Å². The Balaban J connectivity index is 2.01. The van der Waals surface area contributed by atoms with Crippen LogP contribution in [0.1, 0.15) is 27.6 Å². The van der Waals surface area contributed by atoms with Gasteiger partial charge in [0, 0.05) is 10.6 Å². The summed E-state index contributed by atoms with van der Waals surface area (Å²) in [7, 11) is 0. The van der Waals surface area contributed by atoms with Gasteiger partial charge < -0.3 is 9.47 Å². The zero-order chi connectivity index (χ0) is 15.9. The van der Waals surface area contributed by atoms with Crippen LogP contribution < -0.4 is 4.74 Å². The number of hydrogen-bond donors (Lipinski definition) is 0. The Kier molecular flexibility index (Phi) is 5.55. The molecule has 0 aliphatic heterocycles. The molecule has 114 valence electrons. The molecular formula is C17H15ClO4. The zero-order valence-corrected chi connectivity index (χ0v) is 12.8. The fourth-order valence-corrected chi connectivity index (χ4v) is 1.97. The van der Waals surface area contributed by atoms with Gasteiger partial charge in [-0.25, -0.2) is 4.79 Å². The van der Waals surface area contributed by atoms with Crippen molar-refractivity contribution in [3.63, 3.8) is 0 Å². The molecule has 2 rings (SSSR count). The molecule has 0 saturated heterocycles. The summed E-state index contributed by atoms with van der Waals surface area (Å²) in [5, 5.41) is 0.541. The number of rotatable bonds is 6. The Bertz CT molecular complexity index is 665. The van der Waals surface area contributed by atoms with Gasteiger partial charge in [-0.1, -0.05) is 23.7 Å². The van der Waals surface area contributed by atoms with Crippen LogP contribution in [0.5, 0.6) is 5.75 Å². The minimum absolute atomic E-state index is 0.293. The highest BCUT2D eigenvalue weighted by Gasteiger charge is 2.15. The van der Waals surface area contributed by atoms with Gasteiger partial charge in [-0.3, -0.25) is 4.79 Å². The molecule has 5 heteroatoms. The topological polar surface area (TPSA) is 52.6 Å². The van der Waals surface area contributed by atoms with Gasteiger partial charge in [0.2, 0.25) is 0 Å². The lowest BCUT2D eigenvalue weighted by Crippen LogP contribution is -2.15. The van der Waals surface area contributed by atoms with E-state index in [2.05, 4.69) is 0 Å². The van der Waals surface area contributed by atoms with E-state index in [9.17, 15) is 9.59 Å². The lowest BCUT2D eigenvalue weighted by molar-refractivity contribution is 0.0471. The van der Waals surface area contributed by atoms with Gasteiger partial charge in [0.15, 0.2) is 12.4 Å². The van der Waals surface area contributed by atoms with Crippen molar-refractivity contribution in [2.24, 2.45) is 0 Å². The fraction of sp³-hybridized carbons (Fsp3) is 0.176. The van der Waals surface area contributed by atoms with Gasteiger partial charge in [-0.05, 0) is 43.3 Å². The van der Waals surface area contributed by atoms with Crippen molar-refractivity contribution >= 4 is 23.4 Å². The second-order valence-corrected chi connectivity index (χ2v) is 4.87. The maximum atomic E-state index is 12.1. The average molecular weight is 319 g/mol. The Morgan fingerprint density at radius 2 is 1.73 bits per heavy atom. The van der Waals surface area contributed by atoms with Gasteiger partial charge in [0.05, 0.1) is 6.61 Å². The molecule has 0 aromatic heterocycles. The van der Waals surface area contributed by atoms with Crippen molar-refractivity contribution in [3.05, 3.63) is 64.7 Å². The van der Waals surface area contributed by atoms with Crippen LogP contribution in [0.25, 0.3) is 0 Å². The van der Waals surface area contributed by atoms with E-state index in [1.807, 2.05) is 6.92 Å². The number of carbonyl (C=O) groups is 2. The van der Waals surface area contributed by atoms with E-state index in [0.717, 1.165) is 0 Å². The summed E-state index contributed by atoms with van der Waals surface area (Å²) in [6.07, 6.45) is 0. The highest BCUT2D eigenvalue weighted by molar-refractivity contribution is 6.30. The zero-order valence-electron chi connectivity index (χ0n) is 12.0. The quantitative estimate of drug-likeness (QED) is 0.601. The second-order valence-electron chi connectivity index (χ2n) is 4.44. The van der Waals surface area contributed by atoms with Gasteiger partial charge in [-0.2, -0.15) is 0 Å². The summed E-state index contributed by atoms with van der Waals surface area (Å²) in [6.45, 7) is 1.93. The van der Waals surface area contributed by atoms with Crippen molar-refractivity contribution in [3.8, 4) is 5.75 Å². The number of hydrogen-bond acceptors (Lipinski definition) is 4. The third kappa shape index (κ3) is 4.09. The molecule has 4 nitrogen and oxygen atoms in total. The number of Topliss-reactive ketones (excluding diaryl/α,β-unsaturated/α-hetero) is 1. The minimum atomic E-state index is -0.591. The van der Waals surface area contributed by atoms with Crippen molar-refractivity contribution in [1.82, 2.24) is 0 Å². The monoisotopic (exact) mass is 318 g/mol. The lowest BCUT2D eigenvalue weighted by Gasteiger charge is -2.09. The molecule has 0 unspecified atom stereocenters. The first kappa shape index (κ1) is 16.0. The van der Waals surface area contributed by atoms with E-state index in [1.165, 1.54) is 0 Å². The summed E-state index contributed by atoms with van der Waals surface area (Å²) >= 11 is 5.76. The summed E-state index contributed by atoms with van der Waals surface area (Å²) in [6, 6.07) is 13.2. The number of esters is 1. The summed E-state index contributed by atoms with van der Waals surface area (Å²) in [4.78, 5) is 24.0. The molecule has 0 fully saturated rings. The molecule has 0 saturated carbocycles. The molecule has 2 aromatic carbocycles. The van der Waals surface area contributed by atoms with Crippen LogP contribution in [0.4, 0.5) is 0 Å². The van der Waals surface area contributed by atoms with Crippen LogP contribution in [0.2, 0.25) is 5.02 Å². The maximum absolute atomic E-state index is 12.1. The molecule has 0 bridgehead atoms. The normalized spacial score (nSPS) is 10.1. The van der Waals surface area contributed by atoms with Gasteiger partial charge >= 0.3 is 5.97 Å². The first-order valence-electron chi connectivity index (χ1n) is 6.79. The number of benzene rings is 2. The molecule has 0 N–H and O–H groups in total. The molecule has 0 spiro atoms. The lowest BCUT2D eigenvalue weighted by atomic mass is 10.1. The summed E-state index contributed by atoms with van der Waals surface area (Å²) in [5.41, 5.74) is 0.739. The molecule has 2 aromatic rings. The Hall–Kier alpha value is -2.33. The van der Waals surface area contributed by atoms with Gasteiger partial charge in [-0.15, -0.1) is 0 Å². The molecule has 0 atom stereocenters. The Morgan fingerprint density at radius 1 is 1.05 bits per heavy atom. The molecule has 0 radical (unpaired) electrons. The fourth-order valence-electron chi connectivity index (χ4n) is 1.84. The van der Waals surface area contributed by atoms with Crippen molar-refractivity contribution < 1.29 is 19.1 Å². The number of halogens is 1. The number of ketones is 1. The highest BCUT2D eigenvalue weighted by atomic mass is 35.5. The van der Waals surface area contributed by atoms with Crippen LogP contribution >= 0.6 is 11.6 Å². The predicted molar refractivity (Wildman–Crippen MR) is 83.7 cm³/mol. The van der Waals surface area contributed by atoms with E-state index in [0.29, 0.717) is 28.5 Å². The van der Waals surface area contributed by atoms with Crippen molar-refractivity contribution in [2.45, 2.75) is 6.92 Å². The van der Waals surface area contributed by atoms with E-state index in [4.69, 9.17) is 21.1 Å². The van der Waals surface area contributed by atoms with Crippen LogP contribution in [0.3, 0.4) is 0 Å². The highest BCUT2D eigenvalue weighted by Crippen LogP contribution is 2.19. The molecular weight excluding hydrogens is 304 g/mol. The average Bonchev–Trinajstić information content (AvgIpc) is 2.54. The van der Waals surface area contributed by atoms with E-state index >= 15 is 0 Å². The Morgan fingerprint density at radius 3 is 2.41 bits per heavy atom. The predicted octanol–water partition coefficient (Wildman–Crippen LogP) is 3.78. The van der Waals surface area contributed by atoms with Crippen molar-refractivity contribution in [1.29, 1.82) is 0 Å². The number of carbonyl (C=O) groups excluding carboxylic acids is 2. The van der Waals surface area contributed by atoms with Gasteiger partial charge in [0.1, 0.15) is 11.3 Å². The molecule has 0 aliphatic rings. The van der Waals surface area contributed by atoms with E-state index in [-0.39, 0.29) is 12.4 Å². The third-order valence-corrected chi connectivity index (χ3v) is 3.16. The van der Waals surface area contributed by atoms with Gasteiger partial charge in [0.25, 0.3) is 0 Å². The first-order valence-corrected chi connectivity index (χ1v) is 7.17. The molecule has 0 amide bonds. The standard InChI is InChI=1S/C17H15ClO4/c1-2-21-16-6-4-3-5-14(16)17(20)22-11-15(19)12-7-9-13(18)10-8-12/h3-10H,2,11H2,1H3. The van der Waals surface area contributed by atoms with Crippen LogP contribution in [0, 0.1) is 0 Å². The maximum Gasteiger partial charge on any atom is 0.342 e. The smallest absolute Gasteiger partial charge is 0.342 e. The number of ether oxygens (including phenoxy) is 2. The SMILES string of the molecule is CCOc1ccccc1C(=O)OCC(=O)c1ccc(Cl)cc1. The molecule has 0 aliphatic carbocycles.